The summed E-state index contributed by atoms with van der Waals surface area (Å²) in [6, 6.07) is 11.8. The van der Waals surface area contributed by atoms with Crippen LogP contribution in [-0.2, 0) is 0 Å². The molecule has 2 aliphatic rings. The van der Waals surface area contributed by atoms with E-state index in [0.717, 1.165) is 56.3 Å². The van der Waals surface area contributed by atoms with Gasteiger partial charge in [0.2, 0.25) is 0 Å². The van der Waals surface area contributed by atoms with Crippen molar-refractivity contribution in [3.8, 4) is 5.75 Å². The van der Waals surface area contributed by atoms with Crippen molar-refractivity contribution in [1.29, 1.82) is 0 Å². The molecule has 28 heavy (non-hydrogen) atoms. The Morgan fingerprint density at radius 1 is 1.21 bits per heavy atom. The Kier molecular flexibility index (Phi) is 5.37. The van der Waals surface area contributed by atoms with E-state index in [0.29, 0.717) is 12.1 Å². The number of amides is 1. The molecule has 0 aliphatic carbocycles. The highest BCUT2D eigenvalue weighted by atomic mass is 16.5. The summed E-state index contributed by atoms with van der Waals surface area (Å²) in [7, 11) is 1.85. The van der Waals surface area contributed by atoms with E-state index in [1.54, 1.807) is 11.1 Å². The Morgan fingerprint density at radius 2 is 2.00 bits per heavy atom. The van der Waals surface area contributed by atoms with Crippen molar-refractivity contribution >= 4 is 17.4 Å². The predicted octanol–water partition coefficient (Wildman–Crippen LogP) is 3.04. The summed E-state index contributed by atoms with van der Waals surface area (Å²) in [5, 5.41) is 0. The highest BCUT2D eigenvalue weighted by Crippen LogP contribution is 2.33. The molecule has 1 fully saturated rings. The molecule has 1 atom stereocenters. The molecule has 1 saturated heterocycles. The minimum atomic E-state index is -0.0595. The zero-order valence-corrected chi connectivity index (χ0v) is 16.7. The van der Waals surface area contributed by atoms with Crippen molar-refractivity contribution in [3.05, 3.63) is 48.2 Å². The number of benzene rings is 1. The second-order valence-corrected chi connectivity index (χ2v) is 7.50. The highest BCUT2D eigenvalue weighted by molar-refractivity contribution is 5.98. The van der Waals surface area contributed by atoms with Gasteiger partial charge < -0.3 is 19.4 Å². The summed E-state index contributed by atoms with van der Waals surface area (Å²) in [6.07, 6.45) is 4.02. The summed E-state index contributed by atoms with van der Waals surface area (Å²) >= 11 is 0. The largest absolute Gasteiger partial charge is 0.485 e. The molecule has 1 aromatic heterocycles. The van der Waals surface area contributed by atoms with E-state index >= 15 is 0 Å². The fourth-order valence-corrected chi connectivity index (χ4v) is 4.11. The molecule has 2 aromatic rings. The van der Waals surface area contributed by atoms with Gasteiger partial charge in [-0.3, -0.25) is 4.79 Å². The topological polar surface area (TPSA) is 48.9 Å². The van der Waals surface area contributed by atoms with Crippen LogP contribution in [0, 0.1) is 0 Å². The van der Waals surface area contributed by atoms with Crippen LogP contribution in [0.15, 0.2) is 42.6 Å². The normalized spacial score (nSPS) is 18.6. The lowest BCUT2D eigenvalue weighted by molar-refractivity contribution is 0.0710. The Balaban J connectivity index is 1.49. The van der Waals surface area contributed by atoms with E-state index in [2.05, 4.69) is 27.8 Å². The van der Waals surface area contributed by atoms with E-state index in [4.69, 9.17) is 4.74 Å². The third-order valence-electron chi connectivity index (χ3n) is 5.55. The molecule has 3 heterocycles. The molecular formula is C22H28N4O2. The van der Waals surface area contributed by atoms with Crippen LogP contribution in [0.5, 0.6) is 5.75 Å². The fourth-order valence-electron chi connectivity index (χ4n) is 4.11. The summed E-state index contributed by atoms with van der Waals surface area (Å²) in [5.41, 5.74) is 1.80. The molecule has 0 bridgehead atoms. The molecule has 6 nitrogen and oxygen atoms in total. The first-order valence-electron chi connectivity index (χ1n) is 10.1. The first kappa shape index (κ1) is 18.6. The third kappa shape index (κ3) is 3.63. The van der Waals surface area contributed by atoms with E-state index < -0.39 is 0 Å². The standard InChI is InChI=1S/C22H28N4O2/c1-3-25-16-17(28-20-11-5-4-10-19(20)25)15-24(2)22(27)18-9-8-12-23-21(18)26-13-6-7-14-26/h4-5,8-12,17H,3,6-7,13-16H2,1-2H3. The number of anilines is 2. The predicted molar refractivity (Wildman–Crippen MR) is 111 cm³/mol. The van der Waals surface area contributed by atoms with E-state index in [-0.39, 0.29) is 12.0 Å². The van der Waals surface area contributed by atoms with Gasteiger partial charge >= 0.3 is 0 Å². The molecule has 6 heteroatoms. The fraction of sp³-hybridized carbons (Fsp3) is 0.455. The van der Waals surface area contributed by atoms with Crippen molar-refractivity contribution in [2.45, 2.75) is 25.9 Å². The Hall–Kier alpha value is -2.76. The minimum absolute atomic E-state index is 0.000470. The van der Waals surface area contributed by atoms with Crippen molar-refractivity contribution in [1.82, 2.24) is 9.88 Å². The highest BCUT2D eigenvalue weighted by Gasteiger charge is 2.28. The number of carbonyl (C=O) groups excluding carboxylic acids is 1. The molecule has 1 aromatic carbocycles. The number of hydrogen-bond acceptors (Lipinski definition) is 5. The van der Waals surface area contributed by atoms with Crippen LogP contribution < -0.4 is 14.5 Å². The molecule has 4 rings (SSSR count). The average Bonchev–Trinajstić information content (AvgIpc) is 3.27. The number of para-hydroxylation sites is 2. The van der Waals surface area contributed by atoms with Gasteiger partial charge in [-0.1, -0.05) is 12.1 Å². The van der Waals surface area contributed by atoms with E-state index in [1.807, 2.05) is 37.4 Å². The van der Waals surface area contributed by atoms with Crippen LogP contribution in [0.3, 0.4) is 0 Å². The Morgan fingerprint density at radius 3 is 2.79 bits per heavy atom. The van der Waals surface area contributed by atoms with Crippen LogP contribution in [0.2, 0.25) is 0 Å². The van der Waals surface area contributed by atoms with Crippen LogP contribution in [-0.4, -0.2) is 61.7 Å². The quantitative estimate of drug-likeness (QED) is 0.798. The van der Waals surface area contributed by atoms with Gasteiger partial charge in [0.15, 0.2) is 0 Å². The number of hydrogen-bond donors (Lipinski definition) is 0. The first-order valence-corrected chi connectivity index (χ1v) is 10.1. The lowest BCUT2D eigenvalue weighted by Crippen LogP contribution is -2.47. The average molecular weight is 380 g/mol. The van der Waals surface area contributed by atoms with Crippen LogP contribution in [0.25, 0.3) is 0 Å². The van der Waals surface area contributed by atoms with Gasteiger partial charge in [-0.2, -0.15) is 0 Å². The van der Waals surface area contributed by atoms with E-state index in [1.165, 1.54) is 0 Å². The Labute approximate surface area is 166 Å². The lowest BCUT2D eigenvalue weighted by atomic mass is 10.1. The van der Waals surface area contributed by atoms with Gasteiger partial charge in [0.1, 0.15) is 17.7 Å². The van der Waals surface area contributed by atoms with Gasteiger partial charge in [-0.25, -0.2) is 4.98 Å². The molecule has 0 N–H and O–H groups in total. The summed E-state index contributed by atoms with van der Waals surface area (Å²) in [6.45, 7) is 6.31. The first-order chi connectivity index (χ1) is 13.7. The molecule has 1 unspecified atom stereocenters. The van der Waals surface area contributed by atoms with Gasteiger partial charge in [0, 0.05) is 32.9 Å². The van der Waals surface area contributed by atoms with Crippen molar-refractivity contribution < 1.29 is 9.53 Å². The zero-order chi connectivity index (χ0) is 19.5. The van der Waals surface area contributed by atoms with Gasteiger partial charge in [0.25, 0.3) is 5.91 Å². The van der Waals surface area contributed by atoms with Crippen LogP contribution >= 0.6 is 0 Å². The number of pyridine rings is 1. The maximum atomic E-state index is 13.2. The number of likely N-dealkylation sites (N-methyl/N-ethyl adjacent to an activating group) is 2. The molecular weight excluding hydrogens is 352 g/mol. The monoisotopic (exact) mass is 380 g/mol. The van der Waals surface area contributed by atoms with Crippen molar-refractivity contribution in [2.24, 2.45) is 0 Å². The van der Waals surface area contributed by atoms with Gasteiger partial charge in [-0.15, -0.1) is 0 Å². The van der Waals surface area contributed by atoms with Crippen LogP contribution in [0.4, 0.5) is 11.5 Å². The number of ether oxygens (including phenoxy) is 1. The number of carbonyl (C=O) groups is 1. The molecule has 0 saturated carbocycles. The summed E-state index contributed by atoms with van der Waals surface area (Å²) in [4.78, 5) is 24.0. The smallest absolute Gasteiger partial charge is 0.257 e. The number of rotatable bonds is 5. The molecule has 148 valence electrons. The van der Waals surface area contributed by atoms with Crippen LogP contribution in [0.1, 0.15) is 30.1 Å². The molecule has 2 aliphatic heterocycles. The van der Waals surface area contributed by atoms with Gasteiger partial charge in [0.05, 0.1) is 24.3 Å². The maximum absolute atomic E-state index is 13.2. The third-order valence-corrected chi connectivity index (χ3v) is 5.55. The lowest BCUT2D eigenvalue weighted by Gasteiger charge is -2.37. The number of nitrogens with zero attached hydrogens (tertiary/aromatic N) is 4. The molecule has 0 spiro atoms. The molecule has 0 radical (unpaired) electrons. The van der Waals surface area contributed by atoms with Crippen molar-refractivity contribution in [3.63, 3.8) is 0 Å². The number of fused-ring (bicyclic) bond motifs is 1. The second kappa shape index (κ2) is 8.09. The SMILES string of the molecule is CCN1CC(CN(C)C(=O)c2cccnc2N2CCCC2)Oc2ccccc21. The van der Waals surface area contributed by atoms with Gasteiger partial charge in [-0.05, 0) is 44.0 Å². The second-order valence-electron chi connectivity index (χ2n) is 7.50. The maximum Gasteiger partial charge on any atom is 0.257 e. The molecule has 1 amide bonds. The zero-order valence-electron chi connectivity index (χ0n) is 16.7. The summed E-state index contributed by atoms with van der Waals surface area (Å²) in [5.74, 6) is 1.70. The van der Waals surface area contributed by atoms with E-state index in [9.17, 15) is 4.79 Å². The minimum Gasteiger partial charge on any atom is -0.485 e. The summed E-state index contributed by atoms with van der Waals surface area (Å²) < 4.78 is 6.19. The number of aromatic nitrogens is 1. The van der Waals surface area contributed by atoms with Crippen molar-refractivity contribution in [2.75, 3.05) is 49.6 Å². The Bertz CT molecular complexity index is 835.